The maximum Gasteiger partial charge on any atom is 0.0612 e. The van der Waals surface area contributed by atoms with Gasteiger partial charge in [0.15, 0.2) is 0 Å². The summed E-state index contributed by atoms with van der Waals surface area (Å²) in [4.78, 5) is 0. The number of rotatable bonds is 4. The topological polar surface area (TPSA) is 12.0 Å². The summed E-state index contributed by atoms with van der Waals surface area (Å²) in [6.45, 7) is 0.743. The van der Waals surface area contributed by atoms with Crippen molar-refractivity contribution in [2.75, 3.05) is 5.32 Å². The summed E-state index contributed by atoms with van der Waals surface area (Å²) in [5, 5.41) is 4.48. The SMILES string of the molecule is Clc1ccc(NCc2ccc(-c3ccccc3)cc2)cc1Cl. The van der Waals surface area contributed by atoms with Gasteiger partial charge < -0.3 is 5.32 Å². The Morgan fingerprint density at radius 1 is 0.682 bits per heavy atom. The molecule has 0 bridgehead atoms. The summed E-state index contributed by atoms with van der Waals surface area (Å²) in [5.74, 6) is 0. The van der Waals surface area contributed by atoms with E-state index in [2.05, 4.69) is 53.8 Å². The first-order chi connectivity index (χ1) is 10.7. The first-order valence-electron chi connectivity index (χ1n) is 7.06. The van der Waals surface area contributed by atoms with Crippen LogP contribution in [-0.2, 0) is 6.54 Å². The zero-order valence-corrected chi connectivity index (χ0v) is 13.4. The number of hydrogen-bond donors (Lipinski definition) is 1. The molecule has 0 fully saturated rings. The van der Waals surface area contributed by atoms with E-state index in [1.807, 2.05) is 18.2 Å². The molecule has 0 atom stereocenters. The Morgan fingerprint density at radius 2 is 1.36 bits per heavy atom. The number of benzene rings is 3. The average Bonchev–Trinajstić information content (AvgIpc) is 2.57. The van der Waals surface area contributed by atoms with Crippen LogP contribution in [0, 0.1) is 0 Å². The smallest absolute Gasteiger partial charge is 0.0612 e. The molecule has 1 nitrogen and oxygen atoms in total. The van der Waals surface area contributed by atoms with E-state index in [-0.39, 0.29) is 0 Å². The highest BCUT2D eigenvalue weighted by molar-refractivity contribution is 6.42. The molecule has 3 aromatic rings. The summed E-state index contributed by atoms with van der Waals surface area (Å²) in [6.07, 6.45) is 0. The van der Waals surface area contributed by atoms with Crippen molar-refractivity contribution in [1.29, 1.82) is 0 Å². The summed E-state index contributed by atoms with van der Waals surface area (Å²) in [6, 6.07) is 24.5. The van der Waals surface area contributed by atoms with Crippen LogP contribution in [0.5, 0.6) is 0 Å². The van der Waals surface area contributed by atoms with Crippen LogP contribution in [-0.4, -0.2) is 0 Å². The Labute approximate surface area is 140 Å². The Morgan fingerprint density at radius 3 is 2.05 bits per heavy atom. The maximum atomic E-state index is 6.01. The largest absolute Gasteiger partial charge is 0.381 e. The predicted molar refractivity (Wildman–Crippen MR) is 95.7 cm³/mol. The molecule has 1 N–H and O–H groups in total. The quantitative estimate of drug-likeness (QED) is 0.595. The molecule has 0 aliphatic heterocycles. The number of halogens is 2. The summed E-state index contributed by atoms with van der Waals surface area (Å²) in [5.41, 5.74) is 4.62. The van der Waals surface area contributed by atoms with Crippen LogP contribution in [0.3, 0.4) is 0 Å². The Hall–Kier alpha value is -1.96. The van der Waals surface area contributed by atoms with Crippen molar-refractivity contribution in [2.24, 2.45) is 0 Å². The van der Waals surface area contributed by atoms with Crippen LogP contribution in [0.15, 0.2) is 72.8 Å². The van der Waals surface area contributed by atoms with Crippen LogP contribution < -0.4 is 5.32 Å². The van der Waals surface area contributed by atoms with Gasteiger partial charge in [-0.3, -0.25) is 0 Å². The van der Waals surface area contributed by atoms with Crippen molar-refractivity contribution < 1.29 is 0 Å². The van der Waals surface area contributed by atoms with Gasteiger partial charge in [0.05, 0.1) is 10.0 Å². The lowest BCUT2D eigenvalue weighted by atomic mass is 10.0. The highest BCUT2D eigenvalue weighted by atomic mass is 35.5. The van der Waals surface area contributed by atoms with Crippen molar-refractivity contribution in [3.05, 3.63) is 88.4 Å². The Balaban J connectivity index is 1.67. The normalized spacial score (nSPS) is 10.5. The molecule has 3 heteroatoms. The third-order valence-corrected chi connectivity index (χ3v) is 4.22. The zero-order valence-electron chi connectivity index (χ0n) is 11.9. The molecule has 3 aromatic carbocycles. The van der Waals surface area contributed by atoms with E-state index in [1.54, 1.807) is 6.07 Å². The van der Waals surface area contributed by atoms with E-state index < -0.39 is 0 Å². The average molecular weight is 328 g/mol. The van der Waals surface area contributed by atoms with Gasteiger partial charge in [0, 0.05) is 12.2 Å². The molecular weight excluding hydrogens is 313 g/mol. The second-order valence-corrected chi connectivity index (χ2v) is 5.86. The molecule has 0 aliphatic rings. The van der Waals surface area contributed by atoms with Crippen molar-refractivity contribution in [3.63, 3.8) is 0 Å². The predicted octanol–water partition coefficient (Wildman–Crippen LogP) is 6.27. The van der Waals surface area contributed by atoms with E-state index in [4.69, 9.17) is 23.2 Å². The van der Waals surface area contributed by atoms with E-state index >= 15 is 0 Å². The van der Waals surface area contributed by atoms with Crippen molar-refractivity contribution in [2.45, 2.75) is 6.54 Å². The molecule has 0 radical (unpaired) electrons. The summed E-state index contributed by atoms with van der Waals surface area (Å²) >= 11 is 11.9. The molecule has 0 aliphatic carbocycles. The van der Waals surface area contributed by atoms with Gasteiger partial charge in [0.25, 0.3) is 0 Å². The number of anilines is 1. The Kier molecular flexibility index (Phi) is 4.67. The highest BCUT2D eigenvalue weighted by Gasteiger charge is 2.00. The van der Waals surface area contributed by atoms with E-state index in [0.717, 1.165) is 12.2 Å². The van der Waals surface area contributed by atoms with Gasteiger partial charge in [0.2, 0.25) is 0 Å². The molecule has 0 amide bonds. The van der Waals surface area contributed by atoms with Gasteiger partial charge in [-0.2, -0.15) is 0 Å². The van der Waals surface area contributed by atoms with Gasteiger partial charge >= 0.3 is 0 Å². The first kappa shape index (κ1) is 15.0. The van der Waals surface area contributed by atoms with E-state index in [9.17, 15) is 0 Å². The molecule has 0 spiro atoms. The van der Waals surface area contributed by atoms with Crippen LogP contribution >= 0.6 is 23.2 Å². The fourth-order valence-electron chi connectivity index (χ4n) is 2.26. The summed E-state index contributed by atoms with van der Waals surface area (Å²) in [7, 11) is 0. The second kappa shape index (κ2) is 6.87. The highest BCUT2D eigenvalue weighted by Crippen LogP contribution is 2.25. The minimum atomic E-state index is 0.561. The third-order valence-electron chi connectivity index (χ3n) is 3.48. The van der Waals surface area contributed by atoms with Crippen LogP contribution in [0.1, 0.15) is 5.56 Å². The molecule has 0 heterocycles. The van der Waals surface area contributed by atoms with Gasteiger partial charge in [-0.15, -0.1) is 0 Å². The fourth-order valence-corrected chi connectivity index (χ4v) is 2.55. The fraction of sp³-hybridized carbons (Fsp3) is 0.0526. The molecule has 3 rings (SSSR count). The molecule has 22 heavy (non-hydrogen) atoms. The van der Waals surface area contributed by atoms with Crippen LogP contribution in [0.25, 0.3) is 11.1 Å². The van der Waals surface area contributed by atoms with Gasteiger partial charge in [-0.05, 0) is 34.9 Å². The lowest BCUT2D eigenvalue weighted by Gasteiger charge is -2.08. The molecule has 110 valence electrons. The van der Waals surface area contributed by atoms with Crippen LogP contribution in [0.2, 0.25) is 10.0 Å². The van der Waals surface area contributed by atoms with Crippen molar-refractivity contribution in [1.82, 2.24) is 0 Å². The number of hydrogen-bond acceptors (Lipinski definition) is 1. The van der Waals surface area contributed by atoms with Crippen molar-refractivity contribution in [3.8, 4) is 11.1 Å². The van der Waals surface area contributed by atoms with E-state index in [0.29, 0.717) is 10.0 Å². The maximum absolute atomic E-state index is 6.01. The molecule has 0 saturated carbocycles. The lowest BCUT2D eigenvalue weighted by Crippen LogP contribution is -1.99. The summed E-state index contributed by atoms with van der Waals surface area (Å²) < 4.78 is 0. The van der Waals surface area contributed by atoms with E-state index in [1.165, 1.54) is 16.7 Å². The number of nitrogens with one attached hydrogen (secondary N) is 1. The molecular formula is C19H15Cl2N. The zero-order chi connectivity index (χ0) is 15.4. The lowest BCUT2D eigenvalue weighted by molar-refractivity contribution is 1.15. The minimum absolute atomic E-state index is 0.561. The first-order valence-corrected chi connectivity index (χ1v) is 7.81. The van der Waals surface area contributed by atoms with Gasteiger partial charge in [0.1, 0.15) is 0 Å². The van der Waals surface area contributed by atoms with Crippen LogP contribution in [0.4, 0.5) is 5.69 Å². The molecule has 0 saturated heterocycles. The van der Waals surface area contributed by atoms with Gasteiger partial charge in [-0.25, -0.2) is 0 Å². The van der Waals surface area contributed by atoms with Crippen molar-refractivity contribution >= 4 is 28.9 Å². The second-order valence-electron chi connectivity index (χ2n) is 5.05. The standard InChI is InChI=1S/C19H15Cl2N/c20-18-11-10-17(12-19(18)21)22-13-14-6-8-16(9-7-14)15-4-2-1-3-5-15/h1-12,22H,13H2. The molecule has 0 aromatic heterocycles. The monoisotopic (exact) mass is 327 g/mol. The molecule has 0 unspecified atom stereocenters. The minimum Gasteiger partial charge on any atom is -0.381 e. The Bertz CT molecular complexity index is 752. The third kappa shape index (κ3) is 3.62. The van der Waals surface area contributed by atoms with Gasteiger partial charge in [-0.1, -0.05) is 77.8 Å².